The van der Waals surface area contributed by atoms with Crippen molar-refractivity contribution in [3.63, 3.8) is 0 Å². The number of sulfonamides is 1. The van der Waals surface area contributed by atoms with Gasteiger partial charge in [-0.05, 0) is 56.2 Å². The number of halogens is 4. The third-order valence-corrected chi connectivity index (χ3v) is 6.72. The fourth-order valence-electron chi connectivity index (χ4n) is 3.29. The van der Waals surface area contributed by atoms with Crippen LogP contribution in [0.25, 0.3) is 0 Å². The Kier molecular flexibility index (Phi) is 9.47. The minimum atomic E-state index is -4.72. The molecule has 0 saturated carbocycles. The van der Waals surface area contributed by atoms with E-state index in [0.717, 1.165) is 29.4 Å². The van der Waals surface area contributed by atoms with Crippen LogP contribution in [0, 0.1) is 5.82 Å². The van der Waals surface area contributed by atoms with E-state index in [4.69, 9.17) is 0 Å². The molecule has 0 aliphatic rings. The van der Waals surface area contributed by atoms with Crippen molar-refractivity contribution < 1.29 is 35.6 Å². The van der Waals surface area contributed by atoms with Crippen molar-refractivity contribution in [2.75, 3.05) is 17.1 Å². The molecule has 2 rings (SSSR count). The van der Waals surface area contributed by atoms with Gasteiger partial charge in [-0.15, -0.1) is 0 Å². The van der Waals surface area contributed by atoms with Crippen molar-refractivity contribution in [1.29, 1.82) is 0 Å². The Morgan fingerprint density at radius 2 is 1.67 bits per heavy atom. The molecule has 36 heavy (non-hydrogen) atoms. The maximum atomic E-state index is 13.4. The Balaban J connectivity index is 2.43. The first kappa shape index (κ1) is 29.1. The number of benzene rings is 2. The van der Waals surface area contributed by atoms with Crippen LogP contribution in [-0.4, -0.2) is 50.0 Å². The molecule has 2 aromatic carbocycles. The van der Waals surface area contributed by atoms with Crippen molar-refractivity contribution in [1.82, 2.24) is 10.2 Å². The predicted molar refractivity (Wildman–Crippen MR) is 128 cm³/mol. The van der Waals surface area contributed by atoms with E-state index in [1.54, 1.807) is 6.92 Å². The number of hydrogen-bond donors (Lipinski definition) is 1. The summed E-state index contributed by atoms with van der Waals surface area (Å²) in [6, 6.07) is 7.53. The molecule has 0 fully saturated rings. The molecule has 0 saturated heterocycles. The van der Waals surface area contributed by atoms with Crippen LogP contribution in [-0.2, 0) is 32.3 Å². The molecular weight excluding hydrogens is 502 g/mol. The van der Waals surface area contributed by atoms with E-state index in [-0.39, 0.29) is 18.3 Å². The Labute approximate surface area is 208 Å². The molecule has 2 aromatic rings. The number of amides is 2. The average Bonchev–Trinajstić information content (AvgIpc) is 2.80. The van der Waals surface area contributed by atoms with Gasteiger partial charge >= 0.3 is 6.18 Å². The van der Waals surface area contributed by atoms with Gasteiger partial charge in [0.25, 0.3) is 0 Å². The zero-order valence-electron chi connectivity index (χ0n) is 20.3. The monoisotopic (exact) mass is 531 g/mol. The summed E-state index contributed by atoms with van der Waals surface area (Å²) in [7, 11) is -4.19. The van der Waals surface area contributed by atoms with Crippen molar-refractivity contribution in [2.24, 2.45) is 0 Å². The van der Waals surface area contributed by atoms with Crippen LogP contribution in [0.1, 0.15) is 38.3 Å². The van der Waals surface area contributed by atoms with Gasteiger partial charge in [0, 0.05) is 12.6 Å². The molecule has 0 spiro atoms. The molecule has 0 unspecified atom stereocenters. The molecule has 12 heteroatoms. The predicted octanol–water partition coefficient (Wildman–Crippen LogP) is 3.94. The minimum Gasteiger partial charge on any atom is -0.352 e. The Morgan fingerprint density at radius 1 is 1.06 bits per heavy atom. The lowest BCUT2D eigenvalue weighted by Gasteiger charge is -2.32. The molecule has 1 N–H and O–H groups in total. The first-order valence-electron chi connectivity index (χ1n) is 11.1. The number of nitrogens with one attached hydrogen (secondary N) is 1. The second-order valence-electron chi connectivity index (χ2n) is 8.46. The van der Waals surface area contributed by atoms with Crippen molar-refractivity contribution in [3.05, 3.63) is 65.5 Å². The fraction of sp³-hybridized carbons (Fsp3) is 0.417. The number of alkyl halides is 3. The molecule has 0 radical (unpaired) electrons. The van der Waals surface area contributed by atoms with Gasteiger partial charge in [0.2, 0.25) is 21.8 Å². The third-order valence-electron chi connectivity index (χ3n) is 5.58. The first-order chi connectivity index (χ1) is 16.6. The maximum Gasteiger partial charge on any atom is 0.416 e. The van der Waals surface area contributed by atoms with Gasteiger partial charge in [-0.3, -0.25) is 13.9 Å². The molecule has 2 amide bonds. The number of anilines is 1. The van der Waals surface area contributed by atoms with Crippen molar-refractivity contribution in [2.45, 2.75) is 52.0 Å². The van der Waals surface area contributed by atoms with Crippen molar-refractivity contribution in [3.8, 4) is 0 Å². The van der Waals surface area contributed by atoms with E-state index in [1.807, 2.05) is 6.92 Å². The second kappa shape index (κ2) is 11.7. The number of hydrogen-bond acceptors (Lipinski definition) is 4. The summed E-state index contributed by atoms with van der Waals surface area (Å²) in [5.74, 6) is -1.83. The molecule has 0 aromatic heterocycles. The normalized spacial score (nSPS) is 13.6. The largest absolute Gasteiger partial charge is 0.416 e. The Bertz CT molecular complexity index is 1170. The average molecular weight is 532 g/mol. The number of rotatable bonds is 10. The van der Waals surface area contributed by atoms with Gasteiger partial charge in [0.1, 0.15) is 18.4 Å². The lowest BCUT2D eigenvalue weighted by Crippen LogP contribution is -2.52. The Hall–Kier alpha value is -3.15. The van der Waals surface area contributed by atoms with E-state index in [1.165, 1.54) is 31.2 Å². The highest BCUT2D eigenvalue weighted by Crippen LogP contribution is 2.32. The number of carbonyl (C=O) groups is 2. The van der Waals surface area contributed by atoms with E-state index in [2.05, 4.69) is 5.32 Å². The summed E-state index contributed by atoms with van der Waals surface area (Å²) in [6.07, 6.45) is -3.33. The van der Waals surface area contributed by atoms with Gasteiger partial charge in [-0.2, -0.15) is 13.2 Å². The number of nitrogens with zero attached hydrogens (tertiary/aromatic N) is 2. The second-order valence-corrected chi connectivity index (χ2v) is 10.4. The molecule has 198 valence electrons. The van der Waals surface area contributed by atoms with Gasteiger partial charge in [0.05, 0.1) is 17.5 Å². The lowest BCUT2D eigenvalue weighted by molar-refractivity contribution is -0.139. The van der Waals surface area contributed by atoms with E-state index in [0.29, 0.717) is 22.4 Å². The molecular formula is C24H29F4N3O4S. The van der Waals surface area contributed by atoms with E-state index < -0.39 is 52.0 Å². The summed E-state index contributed by atoms with van der Waals surface area (Å²) in [4.78, 5) is 27.3. The highest BCUT2D eigenvalue weighted by molar-refractivity contribution is 7.92. The highest BCUT2D eigenvalue weighted by Gasteiger charge is 2.33. The van der Waals surface area contributed by atoms with Crippen LogP contribution in [0.4, 0.5) is 23.2 Å². The van der Waals surface area contributed by atoms with E-state index in [9.17, 15) is 35.6 Å². The molecule has 0 aliphatic carbocycles. The minimum absolute atomic E-state index is 0.158. The van der Waals surface area contributed by atoms with Gasteiger partial charge in [-0.1, -0.05) is 25.1 Å². The first-order valence-corrected chi connectivity index (χ1v) is 13.0. The SMILES string of the molecule is CC[C@@H](C)NC(=O)[C@H](C)N(Cc1ccc(F)cc1)C(=O)CN(c1cccc(C(F)(F)F)c1)S(C)(=O)=O. The quantitative estimate of drug-likeness (QED) is 0.471. The molecule has 0 heterocycles. The molecule has 2 atom stereocenters. The van der Waals surface area contributed by atoms with Crippen LogP contribution in [0.5, 0.6) is 0 Å². The lowest BCUT2D eigenvalue weighted by atomic mass is 10.1. The Morgan fingerprint density at radius 3 is 2.19 bits per heavy atom. The van der Waals surface area contributed by atoms with Crippen LogP contribution >= 0.6 is 0 Å². The van der Waals surface area contributed by atoms with Crippen LogP contribution in [0.15, 0.2) is 48.5 Å². The third kappa shape index (κ3) is 7.94. The van der Waals surface area contributed by atoms with E-state index >= 15 is 0 Å². The number of carbonyl (C=O) groups excluding carboxylic acids is 2. The maximum absolute atomic E-state index is 13.4. The topological polar surface area (TPSA) is 86.8 Å². The van der Waals surface area contributed by atoms with Crippen molar-refractivity contribution >= 4 is 27.5 Å². The zero-order chi connectivity index (χ0) is 27.3. The van der Waals surface area contributed by atoms with Gasteiger partial charge in [-0.25, -0.2) is 12.8 Å². The summed E-state index contributed by atoms with van der Waals surface area (Å²) < 4.78 is 78.5. The summed E-state index contributed by atoms with van der Waals surface area (Å²) in [6.45, 7) is 4.08. The summed E-state index contributed by atoms with van der Waals surface area (Å²) in [5, 5.41) is 2.75. The molecule has 0 bridgehead atoms. The standard InChI is InChI=1S/C24H29F4N3O4S/c1-5-16(2)29-23(33)17(3)30(14-18-9-11-20(25)12-10-18)22(32)15-31(36(4,34)35)21-8-6-7-19(13-21)24(26,27)28/h6-13,16-17H,5,14-15H2,1-4H3,(H,29,33)/t16-,17+/m1/s1. The molecule has 0 aliphatic heterocycles. The smallest absolute Gasteiger partial charge is 0.352 e. The van der Waals surface area contributed by atoms with Crippen LogP contribution in [0.3, 0.4) is 0 Å². The van der Waals surface area contributed by atoms with Crippen LogP contribution < -0.4 is 9.62 Å². The zero-order valence-corrected chi connectivity index (χ0v) is 21.2. The summed E-state index contributed by atoms with van der Waals surface area (Å²) in [5.41, 5.74) is -0.956. The van der Waals surface area contributed by atoms with Gasteiger partial charge < -0.3 is 10.2 Å². The van der Waals surface area contributed by atoms with Gasteiger partial charge in [0.15, 0.2) is 0 Å². The fourth-order valence-corrected chi connectivity index (χ4v) is 4.13. The highest BCUT2D eigenvalue weighted by atomic mass is 32.2. The van der Waals surface area contributed by atoms with Crippen LogP contribution in [0.2, 0.25) is 0 Å². The summed E-state index contributed by atoms with van der Waals surface area (Å²) >= 11 is 0. The molecule has 7 nitrogen and oxygen atoms in total.